The summed E-state index contributed by atoms with van der Waals surface area (Å²) in [4.78, 5) is 59.5. The molecular weight excluding hydrogens is 490 g/mol. The second-order valence-corrected chi connectivity index (χ2v) is 8.50. The normalized spacial score (nSPS) is 18.3. The van der Waals surface area contributed by atoms with Crippen molar-refractivity contribution in [2.75, 3.05) is 6.61 Å². The van der Waals surface area contributed by atoms with Crippen molar-refractivity contribution >= 4 is 17.6 Å². The number of nitrogens with one attached hydrogen (secondary N) is 2. The predicted molar refractivity (Wildman–Crippen MR) is 134 cm³/mol. The second-order valence-electron chi connectivity index (χ2n) is 8.50. The molecule has 4 N–H and O–H groups in total. The zero-order valence-electron chi connectivity index (χ0n) is 20.1. The summed E-state index contributed by atoms with van der Waals surface area (Å²) in [5.41, 5.74) is 1.91. The molecule has 0 aliphatic carbocycles. The Morgan fingerprint density at radius 1 is 1.08 bits per heavy atom. The number of rotatable bonds is 5. The number of hydrogen-bond donors (Lipinski definition) is 3. The van der Waals surface area contributed by atoms with Gasteiger partial charge in [-0.15, -0.1) is 0 Å². The van der Waals surface area contributed by atoms with Gasteiger partial charge in [0.1, 0.15) is 17.2 Å². The Morgan fingerprint density at radius 2 is 1.74 bits per heavy atom. The fourth-order valence-electron chi connectivity index (χ4n) is 4.95. The van der Waals surface area contributed by atoms with E-state index in [9.17, 15) is 24.4 Å². The molecule has 0 fully saturated rings. The summed E-state index contributed by atoms with van der Waals surface area (Å²) < 4.78 is 10.8. The molecule has 1 atom stereocenters. The van der Waals surface area contributed by atoms with Crippen molar-refractivity contribution in [2.45, 2.75) is 18.9 Å². The first kappa shape index (κ1) is 24.3. The number of amides is 1. The number of carbonyl (C=O) groups is 2. The smallest absolute Gasteiger partial charge is 0.338 e. The third-order valence-electron chi connectivity index (χ3n) is 6.39. The molecule has 190 valence electrons. The first-order chi connectivity index (χ1) is 18.3. The van der Waals surface area contributed by atoms with Crippen LogP contribution in [0.15, 0.2) is 87.3 Å². The Morgan fingerprint density at radius 3 is 2.37 bits per heavy atom. The standard InChI is InChI=1S/C27H21N5O6/c1-2-37-24(34)18-20(16-11-7-4-8-12-16)32(14-15-9-5-3-6-10-15)25(35)27(18)17(13-28)21(29)38-23-19(27)22(33)30-26(36)31-23/h3-12H,2,14,29H2,1H3,(H2,30,31,33,36). The van der Waals surface area contributed by atoms with E-state index in [-0.39, 0.29) is 24.4 Å². The molecule has 2 aliphatic rings. The summed E-state index contributed by atoms with van der Waals surface area (Å²) in [6.45, 7) is 1.52. The molecule has 1 aromatic heterocycles. The Balaban J connectivity index is 1.95. The Hall–Kier alpha value is -5.37. The van der Waals surface area contributed by atoms with Crippen molar-refractivity contribution in [1.82, 2.24) is 14.9 Å². The van der Waals surface area contributed by atoms with Crippen molar-refractivity contribution in [1.29, 1.82) is 5.26 Å². The molecule has 1 amide bonds. The maximum absolute atomic E-state index is 14.6. The highest BCUT2D eigenvalue weighted by Crippen LogP contribution is 2.54. The number of nitriles is 1. The van der Waals surface area contributed by atoms with Crippen LogP contribution in [0.1, 0.15) is 23.6 Å². The Labute approximate surface area is 215 Å². The maximum Gasteiger partial charge on any atom is 0.338 e. The predicted octanol–water partition coefficient (Wildman–Crippen LogP) is 1.40. The van der Waals surface area contributed by atoms with Gasteiger partial charge in [-0.05, 0) is 18.1 Å². The number of benzene rings is 2. The van der Waals surface area contributed by atoms with Gasteiger partial charge in [0.15, 0.2) is 5.41 Å². The van der Waals surface area contributed by atoms with Crippen LogP contribution in [-0.2, 0) is 26.3 Å². The number of nitrogens with two attached hydrogens (primary N) is 1. The Bertz CT molecular complexity index is 1680. The zero-order chi connectivity index (χ0) is 27.0. The van der Waals surface area contributed by atoms with Gasteiger partial charge in [0.2, 0.25) is 17.7 Å². The summed E-state index contributed by atoms with van der Waals surface area (Å²) in [6.07, 6.45) is 0. The SMILES string of the molecule is CCOC(=O)C1=C(c2ccccc2)N(Cc2ccccc2)C(=O)C12C(C#N)=C(N)Oc1[nH]c(=O)[nH]c(=O)c12. The molecule has 5 rings (SSSR count). The number of carbonyl (C=O) groups excluding carboxylic acids is 2. The highest BCUT2D eigenvalue weighted by Gasteiger charge is 2.64. The number of ether oxygens (including phenoxy) is 2. The summed E-state index contributed by atoms with van der Waals surface area (Å²) in [5.74, 6) is -2.72. The minimum atomic E-state index is -2.35. The quantitative estimate of drug-likeness (QED) is 0.431. The molecule has 11 nitrogen and oxygen atoms in total. The summed E-state index contributed by atoms with van der Waals surface area (Å²) in [5, 5.41) is 10.2. The van der Waals surface area contributed by atoms with Crippen molar-refractivity contribution in [3.8, 4) is 11.9 Å². The van der Waals surface area contributed by atoms with Crippen molar-refractivity contribution in [3.05, 3.63) is 115 Å². The van der Waals surface area contributed by atoms with Crippen molar-refractivity contribution in [3.63, 3.8) is 0 Å². The zero-order valence-corrected chi connectivity index (χ0v) is 20.1. The molecule has 0 radical (unpaired) electrons. The molecule has 0 bridgehead atoms. The van der Waals surface area contributed by atoms with Gasteiger partial charge >= 0.3 is 11.7 Å². The van der Waals surface area contributed by atoms with E-state index in [1.807, 2.05) is 12.1 Å². The van der Waals surface area contributed by atoms with Gasteiger partial charge < -0.3 is 20.1 Å². The summed E-state index contributed by atoms with van der Waals surface area (Å²) in [7, 11) is 0. The fraction of sp³-hybridized carbons (Fsp3) is 0.148. The molecule has 2 aliphatic heterocycles. The molecule has 0 saturated carbocycles. The Kier molecular flexibility index (Phi) is 5.92. The van der Waals surface area contributed by atoms with Crippen LogP contribution in [0, 0.1) is 11.3 Å². The third-order valence-corrected chi connectivity index (χ3v) is 6.39. The molecule has 3 heterocycles. The van der Waals surface area contributed by atoms with E-state index in [1.54, 1.807) is 61.5 Å². The van der Waals surface area contributed by atoms with Gasteiger partial charge in [0, 0.05) is 0 Å². The van der Waals surface area contributed by atoms with Crippen molar-refractivity contribution in [2.24, 2.45) is 5.73 Å². The molecule has 1 spiro atoms. The van der Waals surface area contributed by atoms with Crippen LogP contribution < -0.4 is 21.7 Å². The number of nitrogens with zero attached hydrogens (tertiary/aromatic N) is 2. The largest absolute Gasteiger partial charge is 0.463 e. The highest BCUT2D eigenvalue weighted by molar-refractivity contribution is 6.19. The average molecular weight is 511 g/mol. The lowest BCUT2D eigenvalue weighted by atomic mass is 9.68. The monoisotopic (exact) mass is 511 g/mol. The third kappa shape index (κ3) is 3.50. The van der Waals surface area contributed by atoms with Gasteiger partial charge in [0.25, 0.3) is 5.56 Å². The first-order valence-corrected chi connectivity index (χ1v) is 11.6. The van der Waals surface area contributed by atoms with Crippen LogP contribution in [0.4, 0.5) is 0 Å². The lowest BCUT2D eigenvalue weighted by molar-refractivity contribution is -0.140. The van der Waals surface area contributed by atoms with E-state index >= 15 is 0 Å². The number of H-pyrrole nitrogens is 2. The molecule has 38 heavy (non-hydrogen) atoms. The summed E-state index contributed by atoms with van der Waals surface area (Å²) >= 11 is 0. The number of esters is 1. The fourth-order valence-corrected chi connectivity index (χ4v) is 4.95. The van der Waals surface area contributed by atoms with Gasteiger partial charge in [-0.25, -0.2) is 9.59 Å². The van der Waals surface area contributed by atoms with Gasteiger partial charge in [-0.3, -0.25) is 19.6 Å². The first-order valence-electron chi connectivity index (χ1n) is 11.6. The maximum atomic E-state index is 14.6. The van der Waals surface area contributed by atoms with Crippen LogP contribution in [0.5, 0.6) is 5.88 Å². The van der Waals surface area contributed by atoms with E-state index in [1.165, 1.54) is 4.90 Å². The molecular formula is C27H21N5O6. The van der Waals surface area contributed by atoms with E-state index in [2.05, 4.69) is 9.97 Å². The van der Waals surface area contributed by atoms with Crippen LogP contribution in [0.3, 0.4) is 0 Å². The number of hydrogen-bond acceptors (Lipinski definition) is 8. The minimum Gasteiger partial charge on any atom is -0.463 e. The van der Waals surface area contributed by atoms with Crippen molar-refractivity contribution < 1.29 is 19.1 Å². The van der Waals surface area contributed by atoms with Gasteiger partial charge in [0.05, 0.1) is 24.4 Å². The van der Waals surface area contributed by atoms with Crippen LogP contribution in [-0.4, -0.2) is 33.4 Å². The van der Waals surface area contributed by atoms with Gasteiger partial charge in [-0.1, -0.05) is 60.7 Å². The van der Waals surface area contributed by atoms with E-state index in [0.717, 1.165) is 0 Å². The highest BCUT2D eigenvalue weighted by atomic mass is 16.5. The van der Waals surface area contributed by atoms with Gasteiger partial charge in [-0.2, -0.15) is 5.26 Å². The van der Waals surface area contributed by atoms with E-state index in [4.69, 9.17) is 15.2 Å². The van der Waals surface area contributed by atoms with E-state index in [0.29, 0.717) is 11.1 Å². The summed E-state index contributed by atoms with van der Waals surface area (Å²) in [6, 6.07) is 19.5. The molecule has 1 unspecified atom stereocenters. The number of fused-ring (bicyclic) bond motifs is 2. The van der Waals surface area contributed by atoms with E-state index < -0.39 is 51.4 Å². The second kappa shape index (κ2) is 9.25. The molecule has 11 heteroatoms. The molecule has 2 aromatic carbocycles. The topological polar surface area (TPSA) is 171 Å². The van der Waals surface area contributed by atoms with Crippen LogP contribution >= 0.6 is 0 Å². The van der Waals surface area contributed by atoms with Crippen LogP contribution in [0.25, 0.3) is 5.70 Å². The lowest BCUT2D eigenvalue weighted by Gasteiger charge is -2.33. The average Bonchev–Trinajstić information content (AvgIpc) is 3.13. The minimum absolute atomic E-state index is 0.00931. The molecule has 3 aromatic rings. The molecule has 0 saturated heterocycles. The number of aromatic amines is 2. The lowest BCUT2D eigenvalue weighted by Crippen LogP contribution is -2.51. The van der Waals surface area contributed by atoms with Crippen LogP contribution in [0.2, 0.25) is 0 Å². The number of aromatic nitrogens is 2.